The molecule has 2 aromatic heterocycles. The van der Waals surface area contributed by atoms with Crippen molar-refractivity contribution in [2.24, 2.45) is 0 Å². The summed E-state index contributed by atoms with van der Waals surface area (Å²) in [4.78, 5) is 17.6. The predicted octanol–water partition coefficient (Wildman–Crippen LogP) is 4.05. The highest BCUT2D eigenvalue weighted by Crippen LogP contribution is 2.24. The minimum Gasteiger partial charge on any atom is -0.328 e. The molecule has 35 heavy (non-hydrogen) atoms. The van der Waals surface area contributed by atoms with Gasteiger partial charge in [0.05, 0.1) is 21.6 Å². The number of sulfonamides is 1. The zero-order valence-electron chi connectivity index (χ0n) is 20.2. The number of rotatable bonds is 10. The Morgan fingerprint density at radius 2 is 1.89 bits per heavy atom. The number of H-pyrrole nitrogens is 1. The first-order chi connectivity index (χ1) is 16.9. The molecule has 0 radical (unpaired) electrons. The van der Waals surface area contributed by atoms with Crippen molar-refractivity contribution in [3.63, 3.8) is 0 Å². The van der Waals surface area contributed by atoms with Crippen LogP contribution in [0.25, 0.3) is 22.3 Å². The summed E-state index contributed by atoms with van der Waals surface area (Å²) in [5, 5.41) is 9.83. The largest absolute Gasteiger partial charge is 0.328 e. The van der Waals surface area contributed by atoms with Crippen molar-refractivity contribution in [2.45, 2.75) is 45.1 Å². The van der Waals surface area contributed by atoms with Crippen molar-refractivity contribution >= 4 is 32.7 Å². The maximum atomic E-state index is 12.9. The van der Waals surface area contributed by atoms with E-state index in [4.69, 9.17) is 0 Å². The lowest BCUT2D eigenvalue weighted by Crippen LogP contribution is -2.30. The molecule has 9 nitrogen and oxygen atoms in total. The van der Waals surface area contributed by atoms with E-state index in [0.717, 1.165) is 22.6 Å². The molecular weight excluding hydrogens is 464 g/mol. The lowest BCUT2D eigenvalue weighted by molar-refractivity contribution is -0.116. The summed E-state index contributed by atoms with van der Waals surface area (Å²) in [6, 6.07) is 14.5. The van der Waals surface area contributed by atoms with Gasteiger partial charge in [-0.1, -0.05) is 26.0 Å². The molecule has 0 atom stereocenters. The number of imidazole rings is 1. The van der Waals surface area contributed by atoms with Crippen LogP contribution in [0.15, 0.2) is 59.6 Å². The summed E-state index contributed by atoms with van der Waals surface area (Å²) in [5.74, 6) is 0.632. The summed E-state index contributed by atoms with van der Waals surface area (Å²) >= 11 is 0. The third kappa shape index (κ3) is 5.13. The number of fused-ring (bicyclic) bond motifs is 1. The summed E-state index contributed by atoms with van der Waals surface area (Å²) in [7, 11) is -3.57. The van der Waals surface area contributed by atoms with Gasteiger partial charge in [0.2, 0.25) is 15.9 Å². The molecule has 2 aromatic carbocycles. The molecule has 2 heterocycles. The van der Waals surface area contributed by atoms with Gasteiger partial charge in [0, 0.05) is 49.9 Å². The van der Waals surface area contributed by atoms with Gasteiger partial charge in [0.1, 0.15) is 5.82 Å². The fourth-order valence-electron chi connectivity index (χ4n) is 4.21. The van der Waals surface area contributed by atoms with Gasteiger partial charge in [-0.25, -0.2) is 13.4 Å². The molecule has 0 aliphatic heterocycles. The number of hydrogen-bond acceptors (Lipinski definition) is 5. The van der Waals surface area contributed by atoms with Crippen LogP contribution in [-0.4, -0.2) is 51.5 Å². The number of hydrogen-bond donors (Lipinski definition) is 2. The Balaban J connectivity index is 1.50. The first-order valence-corrected chi connectivity index (χ1v) is 13.2. The minimum absolute atomic E-state index is 0.119. The molecular formula is C25H30N6O3S. The van der Waals surface area contributed by atoms with Crippen LogP contribution in [0.4, 0.5) is 5.69 Å². The van der Waals surface area contributed by atoms with E-state index in [-0.39, 0.29) is 17.2 Å². The highest BCUT2D eigenvalue weighted by Gasteiger charge is 2.23. The molecule has 2 N–H and O–H groups in total. The first kappa shape index (κ1) is 24.6. The number of aromatic nitrogens is 4. The Bertz CT molecular complexity index is 1420. The van der Waals surface area contributed by atoms with E-state index >= 15 is 0 Å². The van der Waals surface area contributed by atoms with Crippen LogP contribution in [0.1, 0.15) is 33.0 Å². The third-order valence-corrected chi connectivity index (χ3v) is 8.04. The van der Waals surface area contributed by atoms with Crippen LogP contribution in [0.2, 0.25) is 0 Å². The number of carbonyl (C=O) groups excluding carboxylic acids is 1. The van der Waals surface area contributed by atoms with Gasteiger partial charge in [-0.15, -0.1) is 0 Å². The standard InChI is InChI=1S/C25H30N6O3S/c1-4-30(5-2)35(33,34)20-10-11-23-22(17-20)28-24(31(23)6-3)12-13-25(32)27-19-9-7-8-18(16-19)21-14-15-26-29-21/h7-11,14-17H,4-6,12-13H2,1-3H3,(H,26,29)(H,27,32). The van der Waals surface area contributed by atoms with E-state index in [0.29, 0.717) is 37.3 Å². The van der Waals surface area contributed by atoms with Crippen LogP contribution in [0.5, 0.6) is 0 Å². The van der Waals surface area contributed by atoms with Crippen molar-refractivity contribution in [3.8, 4) is 11.3 Å². The molecule has 0 aliphatic carbocycles. The molecule has 4 rings (SSSR count). The number of nitrogens with one attached hydrogen (secondary N) is 2. The van der Waals surface area contributed by atoms with E-state index in [1.54, 1.807) is 24.4 Å². The first-order valence-electron chi connectivity index (χ1n) is 11.8. The molecule has 1 amide bonds. The van der Waals surface area contributed by atoms with Gasteiger partial charge in [-0.05, 0) is 43.3 Å². The molecule has 184 valence electrons. The van der Waals surface area contributed by atoms with E-state index < -0.39 is 10.0 Å². The Hall–Kier alpha value is -3.50. The number of nitrogens with zero attached hydrogens (tertiary/aromatic N) is 4. The smallest absolute Gasteiger partial charge is 0.243 e. The average molecular weight is 495 g/mol. The normalized spacial score (nSPS) is 11.9. The fourth-order valence-corrected chi connectivity index (χ4v) is 5.68. The van der Waals surface area contributed by atoms with Gasteiger partial charge in [0.15, 0.2) is 0 Å². The monoisotopic (exact) mass is 494 g/mol. The van der Waals surface area contributed by atoms with Gasteiger partial charge >= 0.3 is 0 Å². The van der Waals surface area contributed by atoms with E-state index in [1.165, 1.54) is 4.31 Å². The van der Waals surface area contributed by atoms with Crippen molar-refractivity contribution in [2.75, 3.05) is 18.4 Å². The zero-order chi connectivity index (χ0) is 25.0. The van der Waals surface area contributed by atoms with Gasteiger partial charge < -0.3 is 9.88 Å². The SMILES string of the molecule is CCN(CC)S(=O)(=O)c1ccc2c(c1)nc(CCC(=O)Nc1cccc(-c3ccn[nH]3)c1)n2CC. The van der Waals surface area contributed by atoms with Gasteiger partial charge in [-0.3, -0.25) is 9.89 Å². The Kier molecular flexibility index (Phi) is 7.32. The van der Waals surface area contributed by atoms with E-state index in [9.17, 15) is 13.2 Å². The lowest BCUT2D eigenvalue weighted by atomic mass is 10.1. The molecule has 0 saturated carbocycles. The lowest BCUT2D eigenvalue weighted by Gasteiger charge is -2.18. The average Bonchev–Trinajstić information content (AvgIpc) is 3.51. The molecule has 10 heteroatoms. The summed E-state index contributed by atoms with van der Waals surface area (Å²) in [6.45, 7) is 7.13. The summed E-state index contributed by atoms with van der Waals surface area (Å²) < 4.78 is 29.3. The molecule has 0 bridgehead atoms. The zero-order valence-corrected chi connectivity index (χ0v) is 21.0. The van der Waals surface area contributed by atoms with Crippen molar-refractivity contribution in [1.82, 2.24) is 24.1 Å². The highest BCUT2D eigenvalue weighted by atomic mass is 32.2. The van der Waals surface area contributed by atoms with E-state index in [1.807, 2.05) is 55.7 Å². The molecule has 0 unspecified atom stereocenters. The molecule has 0 aliphatic rings. The second kappa shape index (κ2) is 10.4. The van der Waals surface area contributed by atoms with Crippen molar-refractivity contribution in [3.05, 3.63) is 60.6 Å². The molecule has 0 saturated heterocycles. The van der Waals surface area contributed by atoms with Crippen LogP contribution >= 0.6 is 0 Å². The summed E-state index contributed by atoms with van der Waals surface area (Å²) in [5.41, 5.74) is 3.98. The number of benzene rings is 2. The Morgan fingerprint density at radius 3 is 2.57 bits per heavy atom. The minimum atomic E-state index is -3.57. The maximum absolute atomic E-state index is 12.9. The topological polar surface area (TPSA) is 113 Å². The highest BCUT2D eigenvalue weighted by molar-refractivity contribution is 7.89. The second-order valence-electron chi connectivity index (χ2n) is 8.11. The second-order valence-corrected chi connectivity index (χ2v) is 10.0. The number of anilines is 1. The van der Waals surface area contributed by atoms with Crippen LogP contribution in [-0.2, 0) is 27.8 Å². The number of aryl methyl sites for hydroxylation is 2. The van der Waals surface area contributed by atoms with E-state index in [2.05, 4.69) is 20.5 Å². The Labute approximate surface area is 205 Å². The van der Waals surface area contributed by atoms with Crippen LogP contribution < -0.4 is 5.32 Å². The number of amides is 1. The third-order valence-electron chi connectivity index (χ3n) is 5.99. The molecule has 0 spiro atoms. The van der Waals surface area contributed by atoms with Crippen LogP contribution in [0.3, 0.4) is 0 Å². The maximum Gasteiger partial charge on any atom is 0.243 e. The number of carbonyl (C=O) groups is 1. The van der Waals surface area contributed by atoms with Gasteiger partial charge in [0.25, 0.3) is 0 Å². The molecule has 0 fully saturated rings. The van der Waals surface area contributed by atoms with Crippen LogP contribution in [0, 0.1) is 0 Å². The molecule has 4 aromatic rings. The predicted molar refractivity (Wildman–Crippen MR) is 136 cm³/mol. The van der Waals surface area contributed by atoms with Crippen molar-refractivity contribution in [1.29, 1.82) is 0 Å². The van der Waals surface area contributed by atoms with Gasteiger partial charge in [-0.2, -0.15) is 9.40 Å². The van der Waals surface area contributed by atoms with Crippen molar-refractivity contribution < 1.29 is 13.2 Å². The Morgan fingerprint density at radius 1 is 1.09 bits per heavy atom. The quantitative estimate of drug-likeness (QED) is 0.345. The number of aromatic amines is 1. The fraction of sp³-hybridized carbons (Fsp3) is 0.320. The summed E-state index contributed by atoms with van der Waals surface area (Å²) in [6.07, 6.45) is 2.37.